The molecule has 0 saturated heterocycles. The van der Waals surface area contributed by atoms with E-state index in [9.17, 15) is 22.4 Å². The number of rotatable bonds is 9. The Kier molecular flexibility index (Phi) is 7.46. The van der Waals surface area contributed by atoms with Crippen molar-refractivity contribution in [2.45, 2.75) is 26.2 Å². The second-order valence-electron chi connectivity index (χ2n) is 6.53. The summed E-state index contributed by atoms with van der Waals surface area (Å²) in [5.41, 5.74) is 0.0293. The smallest absolute Gasteiger partial charge is 0.387 e. The summed E-state index contributed by atoms with van der Waals surface area (Å²) in [4.78, 5) is 21.1. The van der Waals surface area contributed by atoms with Crippen LogP contribution in [-0.2, 0) is 0 Å². The fourth-order valence-corrected chi connectivity index (χ4v) is 2.81. The average Bonchev–Trinajstić information content (AvgIpc) is 3.23. The first-order valence-electron chi connectivity index (χ1n) is 9.43. The number of methoxy groups -OCH3 is 1. The molecule has 178 valence electrons. The van der Waals surface area contributed by atoms with Gasteiger partial charge in [-0.25, -0.2) is 4.98 Å². The quantitative estimate of drug-likeness (QED) is 0.463. The highest BCUT2D eigenvalue weighted by Gasteiger charge is 2.22. The van der Waals surface area contributed by atoms with Gasteiger partial charge in [-0.15, -0.1) is 5.10 Å². The fraction of sp³-hybridized carbons (Fsp3) is 0.250. The van der Waals surface area contributed by atoms with Crippen LogP contribution in [0.5, 0.6) is 17.5 Å². The van der Waals surface area contributed by atoms with Crippen LogP contribution < -0.4 is 19.5 Å². The van der Waals surface area contributed by atoms with E-state index in [1.165, 1.54) is 37.0 Å². The van der Waals surface area contributed by atoms with Gasteiger partial charge in [0.15, 0.2) is 11.6 Å². The zero-order chi connectivity index (χ0) is 24.8. The van der Waals surface area contributed by atoms with E-state index in [0.29, 0.717) is 5.56 Å². The van der Waals surface area contributed by atoms with E-state index in [1.54, 1.807) is 0 Å². The zero-order valence-corrected chi connectivity index (χ0v) is 17.6. The lowest BCUT2D eigenvalue weighted by atomic mass is 10.1. The summed E-state index contributed by atoms with van der Waals surface area (Å²) in [6.45, 7) is -4.96. The Bertz CT molecular complexity index is 1170. The van der Waals surface area contributed by atoms with Crippen molar-refractivity contribution in [1.82, 2.24) is 25.1 Å². The molecule has 10 nitrogen and oxygen atoms in total. The molecule has 2 aromatic heterocycles. The largest absolute Gasteiger partial charge is 0.466 e. The summed E-state index contributed by atoms with van der Waals surface area (Å²) >= 11 is 0. The molecule has 3 rings (SSSR count). The van der Waals surface area contributed by atoms with Crippen LogP contribution in [0.25, 0.3) is 5.82 Å². The predicted molar refractivity (Wildman–Crippen MR) is 106 cm³/mol. The topological polar surface area (TPSA) is 124 Å². The van der Waals surface area contributed by atoms with Crippen molar-refractivity contribution in [1.29, 1.82) is 5.26 Å². The average molecular weight is 480 g/mol. The second-order valence-corrected chi connectivity index (χ2v) is 6.53. The van der Waals surface area contributed by atoms with E-state index in [-0.39, 0.29) is 23.2 Å². The first-order chi connectivity index (χ1) is 16.2. The maximum absolute atomic E-state index is 12.8. The van der Waals surface area contributed by atoms with Crippen molar-refractivity contribution in [3.8, 4) is 29.4 Å². The number of benzene rings is 1. The number of hydrogen-bond donors (Lipinski definition) is 1. The van der Waals surface area contributed by atoms with Crippen molar-refractivity contribution >= 4 is 5.91 Å². The molecule has 14 heteroatoms. The van der Waals surface area contributed by atoms with E-state index < -0.39 is 36.7 Å². The fourth-order valence-electron chi connectivity index (χ4n) is 2.81. The molecule has 0 saturated carbocycles. The third-order valence-corrected chi connectivity index (χ3v) is 4.22. The van der Waals surface area contributed by atoms with Gasteiger partial charge in [0.1, 0.15) is 17.6 Å². The van der Waals surface area contributed by atoms with Gasteiger partial charge in [0.05, 0.1) is 18.7 Å². The van der Waals surface area contributed by atoms with Crippen LogP contribution in [0.15, 0.2) is 36.5 Å². The number of nitrogens with zero attached hydrogens (tertiary/aromatic N) is 5. The molecule has 2 heterocycles. The number of alkyl halides is 4. The minimum atomic E-state index is -3.25. The van der Waals surface area contributed by atoms with E-state index in [1.807, 2.05) is 6.07 Å². The molecule has 1 atom stereocenters. The molecular formula is C20H16F4N6O4. The first-order valence-corrected chi connectivity index (χ1v) is 9.43. The van der Waals surface area contributed by atoms with Gasteiger partial charge in [-0.3, -0.25) is 4.79 Å². The Morgan fingerprint density at radius 3 is 2.26 bits per heavy atom. The number of aromatic nitrogens is 4. The summed E-state index contributed by atoms with van der Waals surface area (Å²) in [6.07, 6.45) is 1.32. The van der Waals surface area contributed by atoms with Crippen molar-refractivity contribution < 1.29 is 36.6 Å². The van der Waals surface area contributed by atoms with Gasteiger partial charge in [-0.1, -0.05) is 0 Å². The first kappa shape index (κ1) is 24.2. The van der Waals surface area contributed by atoms with Gasteiger partial charge in [-0.05, 0) is 31.2 Å². The van der Waals surface area contributed by atoms with Gasteiger partial charge in [0.2, 0.25) is 0 Å². The lowest BCUT2D eigenvalue weighted by molar-refractivity contribution is -0.0543. The lowest BCUT2D eigenvalue weighted by Gasteiger charge is -2.15. The Labute approximate surface area is 189 Å². The molecule has 34 heavy (non-hydrogen) atoms. The molecule has 1 N–H and O–H groups in total. The molecule has 0 aliphatic carbocycles. The molecule has 0 spiro atoms. The van der Waals surface area contributed by atoms with Crippen LogP contribution in [0.3, 0.4) is 0 Å². The monoisotopic (exact) mass is 480 g/mol. The number of pyridine rings is 1. The van der Waals surface area contributed by atoms with E-state index in [2.05, 4.69) is 29.9 Å². The maximum atomic E-state index is 12.8. The molecule has 0 radical (unpaired) electrons. The molecule has 0 aliphatic heterocycles. The SMILES string of the molecule is COc1nc([C@H](C)NC(=O)c2cc(OC(F)F)cc(OC(F)F)c2)n(-c2ccc(C#N)cn2)n1. The van der Waals surface area contributed by atoms with Crippen molar-refractivity contribution in [2.75, 3.05) is 7.11 Å². The Balaban J connectivity index is 1.89. The Hall–Kier alpha value is -4.41. The van der Waals surface area contributed by atoms with E-state index in [4.69, 9.17) is 10.00 Å². The molecule has 0 aliphatic rings. The van der Waals surface area contributed by atoms with Gasteiger partial charge in [0, 0.05) is 17.8 Å². The number of amides is 1. The molecule has 0 unspecified atom stereocenters. The highest BCUT2D eigenvalue weighted by Crippen LogP contribution is 2.26. The second kappa shape index (κ2) is 10.5. The van der Waals surface area contributed by atoms with Crippen LogP contribution in [0, 0.1) is 11.3 Å². The summed E-state index contributed by atoms with van der Waals surface area (Å²) in [5, 5.41) is 15.6. The molecule has 1 amide bonds. The zero-order valence-electron chi connectivity index (χ0n) is 17.6. The van der Waals surface area contributed by atoms with Crippen LogP contribution in [-0.4, -0.2) is 46.0 Å². The summed E-state index contributed by atoms with van der Waals surface area (Å²) in [5.74, 6) is -1.47. The highest BCUT2D eigenvalue weighted by atomic mass is 19.3. The standard InChI is InChI=1S/C20H16F4N6O4/c1-10(16-28-20(32-2)29-30(16)15-4-3-11(8-25)9-26-15)27-17(31)12-5-13(33-18(21)22)7-14(6-12)34-19(23)24/h3-7,9-10,18-19H,1-2H3,(H,27,31)/t10-/m0/s1. The summed E-state index contributed by atoms with van der Waals surface area (Å²) in [7, 11) is 1.33. The third kappa shape index (κ3) is 5.88. The Morgan fingerprint density at radius 1 is 1.12 bits per heavy atom. The predicted octanol–water partition coefficient (Wildman–Crippen LogP) is 3.24. The molecule has 1 aromatic carbocycles. The van der Waals surface area contributed by atoms with E-state index in [0.717, 1.165) is 18.2 Å². The van der Waals surface area contributed by atoms with Gasteiger partial charge in [-0.2, -0.15) is 32.5 Å². The van der Waals surface area contributed by atoms with Crippen molar-refractivity contribution in [2.24, 2.45) is 0 Å². The van der Waals surface area contributed by atoms with E-state index >= 15 is 0 Å². The number of ether oxygens (including phenoxy) is 3. The molecule has 0 bridgehead atoms. The number of carbonyl (C=O) groups excluding carboxylic acids is 1. The number of nitriles is 1. The third-order valence-electron chi connectivity index (χ3n) is 4.22. The van der Waals surface area contributed by atoms with Gasteiger partial charge < -0.3 is 19.5 Å². The van der Waals surface area contributed by atoms with Crippen LogP contribution in [0.4, 0.5) is 17.6 Å². The number of nitrogens with one attached hydrogen (secondary N) is 1. The number of hydrogen-bond acceptors (Lipinski definition) is 8. The van der Waals surface area contributed by atoms with Gasteiger partial charge in [0.25, 0.3) is 5.91 Å². The molecule has 3 aromatic rings. The van der Waals surface area contributed by atoms with Crippen LogP contribution >= 0.6 is 0 Å². The molecule has 0 fully saturated rings. The minimum Gasteiger partial charge on any atom is -0.466 e. The highest BCUT2D eigenvalue weighted by molar-refractivity contribution is 5.95. The normalized spacial score (nSPS) is 11.7. The molecular weight excluding hydrogens is 464 g/mol. The summed E-state index contributed by atoms with van der Waals surface area (Å²) in [6, 6.07) is 6.74. The van der Waals surface area contributed by atoms with Crippen LogP contribution in [0.1, 0.15) is 34.7 Å². The van der Waals surface area contributed by atoms with Crippen molar-refractivity contribution in [3.63, 3.8) is 0 Å². The number of carbonyl (C=O) groups is 1. The minimum absolute atomic E-state index is 0.0396. The summed E-state index contributed by atoms with van der Waals surface area (Å²) < 4.78 is 65.2. The lowest BCUT2D eigenvalue weighted by Crippen LogP contribution is -2.29. The van der Waals surface area contributed by atoms with Crippen molar-refractivity contribution in [3.05, 3.63) is 53.5 Å². The maximum Gasteiger partial charge on any atom is 0.387 e. The Morgan fingerprint density at radius 2 is 1.76 bits per heavy atom. The van der Waals surface area contributed by atoms with Gasteiger partial charge >= 0.3 is 19.2 Å². The van der Waals surface area contributed by atoms with Crippen LogP contribution in [0.2, 0.25) is 0 Å². The number of halogens is 4.